The number of para-hydroxylation sites is 1. The Kier molecular flexibility index (Phi) is 6.02. The van der Waals surface area contributed by atoms with Gasteiger partial charge in [-0.2, -0.15) is 5.10 Å². The highest BCUT2D eigenvalue weighted by Gasteiger charge is 2.24. The third kappa shape index (κ3) is 4.96. The molecule has 0 radical (unpaired) electrons. The van der Waals surface area contributed by atoms with Crippen molar-refractivity contribution in [1.29, 1.82) is 0 Å². The predicted molar refractivity (Wildman–Crippen MR) is 131 cm³/mol. The van der Waals surface area contributed by atoms with E-state index in [1.54, 1.807) is 35.9 Å². The lowest BCUT2D eigenvalue weighted by atomic mass is 10.1. The Hall–Kier alpha value is -2.45. The second-order valence-corrected chi connectivity index (χ2v) is 11.9. The molecule has 0 unspecified atom stereocenters. The van der Waals surface area contributed by atoms with Crippen LogP contribution < -0.4 is 0 Å². The maximum absolute atomic E-state index is 11.7. The highest BCUT2D eigenvalue weighted by atomic mass is 35.5. The topological polar surface area (TPSA) is 72.2 Å². The molecule has 0 fully saturated rings. The summed E-state index contributed by atoms with van der Waals surface area (Å²) in [4.78, 5) is 1.96. The van der Waals surface area contributed by atoms with Gasteiger partial charge in [0.15, 0.2) is 9.84 Å². The molecule has 2 heterocycles. The summed E-state index contributed by atoms with van der Waals surface area (Å²) in [5.41, 5.74) is 2.68. The Labute approximate surface area is 196 Å². The first-order chi connectivity index (χ1) is 15.0. The second kappa shape index (κ2) is 8.48. The standard InChI is InChI=1S/C24H23ClN2O3S2/c1-24(2,28)23-14-20(27(26-23)19-10-5-4-9-18(19)25)22-12-11-21(31-22)17-8-6-7-16(13-17)15-32(3,29)30/h4-14,28H,15H2,1-3H3. The molecular weight excluding hydrogens is 464 g/mol. The molecule has 0 spiro atoms. The number of aliphatic hydroxyl groups is 1. The number of thiophene rings is 1. The highest BCUT2D eigenvalue weighted by Crippen LogP contribution is 2.38. The molecule has 4 rings (SSSR count). The van der Waals surface area contributed by atoms with Crippen LogP contribution in [0.1, 0.15) is 25.1 Å². The number of benzene rings is 2. The Morgan fingerprint density at radius 1 is 1.03 bits per heavy atom. The van der Waals surface area contributed by atoms with E-state index in [0.717, 1.165) is 32.3 Å². The fraction of sp³-hybridized carbons (Fsp3) is 0.208. The molecular formula is C24H23ClN2O3S2. The Morgan fingerprint density at radius 2 is 1.75 bits per heavy atom. The Morgan fingerprint density at radius 3 is 2.44 bits per heavy atom. The maximum atomic E-state index is 11.7. The average Bonchev–Trinajstić information content (AvgIpc) is 3.34. The molecule has 2 aromatic carbocycles. The molecule has 0 saturated carbocycles. The summed E-state index contributed by atoms with van der Waals surface area (Å²) >= 11 is 8.01. The minimum Gasteiger partial charge on any atom is -0.384 e. The molecule has 0 amide bonds. The van der Waals surface area contributed by atoms with Crippen molar-refractivity contribution in [3.05, 3.63) is 83.0 Å². The van der Waals surface area contributed by atoms with Crippen LogP contribution in [0.3, 0.4) is 0 Å². The molecule has 1 N–H and O–H groups in total. The quantitative estimate of drug-likeness (QED) is 0.380. The van der Waals surface area contributed by atoms with Gasteiger partial charge in [0, 0.05) is 11.1 Å². The molecule has 5 nitrogen and oxygen atoms in total. The molecule has 0 aliphatic rings. The summed E-state index contributed by atoms with van der Waals surface area (Å²) in [7, 11) is -3.11. The zero-order chi connectivity index (χ0) is 23.1. The van der Waals surface area contributed by atoms with E-state index in [0.29, 0.717) is 10.7 Å². The van der Waals surface area contributed by atoms with Gasteiger partial charge in [0.2, 0.25) is 0 Å². The van der Waals surface area contributed by atoms with Gasteiger partial charge in [-0.15, -0.1) is 11.3 Å². The minimum atomic E-state index is -3.11. The molecule has 0 bridgehead atoms. The molecule has 8 heteroatoms. The van der Waals surface area contributed by atoms with Gasteiger partial charge in [-0.05, 0) is 61.4 Å². The highest BCUT2D eigenvalue weighted by molar-refractivity contribution is 7.89. The number of nitrogens with zero attached hydrogens (tertiary/aromatic N) is 2. The van der Waals surface area contributed by atoms with Crippen molar-refractivity contribution < 1.29 is 13.5 Å². The monoisotopic (exact) mass is 486 g/mol. The van der Waals surface area contributed by atoms with Crippen molar-refractivity contribution >= 4 is 32.8 Å². The third-order valence-electron chi connectivity index (χ3n) is 4.92. The third-order valence-corrected chi connectivity index (χ3v) is 7.25. The van der Waals surface area contributed by atoms with Gasteiger partial charge < -0.3 is 5.11 Å². The normalized spacial score (nSPS) is 12.3. The molecule has 0 atom stereocenters. The summed E-state index contributed by atoms with van der Waals surface area (Å²) in [5.74, 6) is 0.00723. The molecule has 2 aromatic heterocycles. The van der Waals surface area contributed by atoms with Gasteiger partial charge in [-0.1, -0.05) is 41.9 Å². The summed E-state index contributed by atoms with van der Waals surface area (Å²) in [6.45, 7) is 3.40. The molecule has 0 aliphatic carbocycles. The zero-order valence-corrected chi connectivity index (χ0v) is 20.3. The van der Waals surface area contributed by atoms with Crippen molar-refractivity contribution in [3.8, 4) is 26.7 Å². The van der Waals surface area contributed by atoms with Crippen LogP contribution in [0.15, 0.2) is 66.7 Å². The fourth-order valence-corrected chi connectivity index (χ4v) is 5.42. The molecule has 4 aromatic rings. The van der Waals surface area contributed by atoms with Crippen LogP contribution in [-0.2, 0) is 21.2 Å². The number of hydrogen-bond donors (Lipinski definition) is 1. The van der Waals surface area contributed by atoms with E-state index in [1.165, 1.54) is 6.26 Å². The van der Waals surface area contributed by atoms with Gasteiger partial charge >= 0.3 is 0 Å². The molecule has 32 heavy (non-hydrogen) atoms. The van der Waals surface area contributed by atoms with Gasteiger partial charge in [0.1, 0.15) is 5.60 Å². The van der Waals surface area contributed by atoms with Crippen LogP contribution >= 0.6 is 22.9 Å². The first-order valence-electron chi connectivity index (χ1n) is 9.96. The molecule has 166 valence electrons. The van der Waals surface area contributed by atoms with E-state index in [-0.39, 0.29) is 5.75 Å². The van der Waals surface area contributed by atoms with Crippen LogP contribution in [0.4, 0.5) is 0 Å². The largest absolute Gasteiger partial charge is 0.384 e. The van der Waals surface area contributed by atoms with Crippen LogP contribution in [0, 0.1) is 0 Å². The van der Waals surface area contributed by atoms with Crippen LogP contribution in [0.5, 0.6) is 0 Å². The smallest absolute Gasteiger partial charge is 0.151 e. The van der Waals surface area contributed by atoms with E-state index in [2.05, 4.69) is 5.10 Å². The van der Waals surface area contributed by atoms with Crippen molar-refractivity contribution in [3.63, 3.8) is 0 Å². The van der Waals surface area contributed by atoms with Crippen LogP contribution in [-0.4, -0.2) is 29.6 Å². The Balaban J connectivity index is 1.79. The number of rotatable bonds is 6. The number of halogens is 1. The van der Waals surface area contributed by atoms with Gasteiger partial charge in [0.05, 0.1) is 32.7 Å². The lowest BCUT2D eigenvalue weighted by molar-refractivity contribution is 0.0734. The first-order valence-corrected chi connectivity index (χ1v) is 13.2. The van der Waals surface area contributed by atoms with E-state index in [1.807, 2.05) is 60.7 Å². The van der Waals surface area contributed by atoms with Gasteiger partial charge in [-0.3, -0.25) is 0 Å². The van der Waals surface area contributed by atoms with Gasteiger partial charge in [-0.25, -0.2) is 13.1 Å². The lowest BCUT2D eigenvalue weighted by Crippen LogP contribution is -2.16. The van der Waals surface area contributed by atoms with Crippen molar-refractivity contribution in [1.82, 2.24) is 9.78 Å². The van der Waals surface area contributed by atoms with E-state index < -0.39 is 15.4 Å². The van der Waals surface area contributed by atoms with E-state index in [9.17, 15) is 13.5 Å². The van der Waals surface area contributed by atoms with Crippen LogP contribution in [0.2, 0.25) is 5.02 Å². The minimum absolute atomic E-state index is 0.00723. The van der Waals surface area contributed by atoms with Gasteiger partial charge in [0.25, 0.3) is 0 Å². The SMILES string of the molecule is CC(C)(O)c1cc(-c2ccc(-c3cccc(CS(C)(=O)=O)c3)s2)n(-c2ccccc2Cl)n1. The van der Waals surface area contributed by atoms with E-state index in [4.69, 9.17) is 11.6 Å². The summed E-state index contributed by atoms with van der Waals surface area (Å²) < 4.78 is 25.1. The Bertz CT molecular complexity index is 1380. The molecule has 0 aliphatic heterocycles. The summed E-state index contributed by atoms with van der Waals surface area (Å²) in [6.07, 6.45) is 1.24. The van der Waals surface area contributed by atoms with Crippen molar-refractivity contribution in [2.45, 2.75) is 25.2 Å². The summed E-state index contributed by atoms with van der Waals surface area (Å²) in [6, 6.07) is 20.9. The summed E-state index contributed by atoms with van der Waals surface area (Å²) in [5, 5.41) is 15.7. The average molecular weight is 487 g/mol. The number of aromatic nitrogens is 2. The maximum Gasteiger partial charge on any atom is 0.151 e. The van der Waals surface area contributed by atoms with Crippen molar-refractivity contribution in [2.75, 3.05) is 6.26 Å². The second-order valence-electron chi connectivity index (χ2n) is 8.27. The zero-order valence-electron chi connectivity index (χ0n) is 17.9. The van der Waals surface area contributed by atoms with Crippen LogP contribution in [0.25, 0.3) is 26.7 Å². The first kappa shape index (κ1) is 22.7. The van der Waals surface area contributed by atoms with E-state index >= 15 is 0 Å². The van der Waals surface area contributed by atoms with Crippen molar-refractivity contribution in [2.24, 2.45) is 0 Å². The predicted octanol–water partition coefficient (Wildman–Crippen LogP) is 5.69. The lowest BCUT2D eigenvalue weighted by Gasteiger charge is -2.13. The fourth-order valence-electron chi connectivity index (χ4n) is 3.41. The molecule has 0 saturated heterocycles. The number of sulfone groups is 1. The number of hydrogen-bond acceptors (Lipinski definition) is 5.